The minimum Gasteiger partial charge on any atom is -0.322 e. The number of carbonyl (C=O) groups is 2. The van der Waals surface area contributed by atoms with Gasteiger partial charge in [-0.25, -0.2) is 0 Å². The third-order valence-corrected chi connectivity index (χ3v) is 4.21. The van der Waals surface area contributed by atoms with E-state index in [1.165, 1.54) is 12.1 Å². The van der Waals surface area contributed by atoms with Gasteiger partial charge in [0.15, 0.2) is 0 Å². The molecule has 0 aliphatic heterocycles. The first-order chi connectivity index (χ1) is 12.5. The van der Waals surface area contributed by atoms with E-state index in [1.807, 2.05) is 12.1 Å². The molecule has 0 aliphatic rings. The maximum Gasteiger partial charge on any atom is 0.255 e. The Hall–Kier alpha value is -2.82. The van der Waals surface area contributed by atoms with Crippen molar-refractivity contribution >= 4 is 46.4 Å². The highest BCUT2D eigenvalue weighted by Crippen LogP contribution is 2.34. The van der Waals surface area contributed by atoms with Crippen molar-refractivity contribution in [3.8, 4) is 0 Å². The maximum atomic E-state index is 12.3. The first kappa shape index (κ1) is 18.0. The summed E-state index contributed by atoms with van der Waals surface area (Å²) in [6.07, 6.45) is 0. The van der Waals surface area contributed by atoms with Crippen molar-refractivity contribution in [2.45, 2.75) is 0 Å². The zero-order chi connectivity index (χ0) is 18.5. The average molecular weight is 385 g/mol. The van der Waals surface area contributed by atoms with Gasteiger partial charge in [-0.2, -0.15) is 0 Å². The molecule has 2 N–H and O–H groups in total. The van der Waals surface area contributed by atoms with E-state index in [1.54, 1.807) is 48.5 Å². The quantitative estimate of drug-likeness (QED) is 0.623. The van der Waals surface area contributed by atoms with Crippen molar-refractivity contribution in [1.29, 1.82) is 0 Å². The summed E-state index contributed by atoms with van der Waals surface area (Å²) in [5, 5.41) is 5.88. The number of rotatable bonds is 4. The molecule has 3 aromatic carbocycles. The van der Waals surface area contributed by atoms with Gasteiger partial charge in [-0.15, -0.1) is 0 Å². The molecular weight excluding hydrogens is 371 g/mol. The molecule has 130 valence electrons. The summed E-state index contributed by atoms with van der Waals surface area (Å²) in [6, 6.07) is 20.6. The summed E-state index contributed by atoms with van der Waals surface area (Å²) in [5.74, 6) is -0.603. The Morgan fingerprint density at radius 1 is 0.654 bits per heavy atom. The van der Waals surface area contributed by atoms with E-state index in [2.05, 4.69) is 10.6 Å². The Labute approximate surface area is 160 Å². The molecule has 0 saturated heterocycles. The van der Waals surface area contributed by atoms with Crippen LogP contribution in [0.15, 0.2) is 72.8 Å². The Kier molecular flexibility index (Phi) is 5.56. The standard InChI is InChI=1S/C20H14Cl2N2O2/c21-16-11-15(23-19(25)13-7-3-1-4-8-13)12-17(22)18(16)24-20(26)14-9-5-2-6-10-14/h1-12H,(H,23,25)(H,24,26). The number of hydrogen-bond donors (Lipinski definition) is 2. The fourth-order valence-corrected chi connectivity index (χ4v) is 2.91. The molecule has 0 aromatic heterocycles. The van der Waals surface area contributed by atoms with Crippen LogP contribution in [-0.2, 0) is 0 Å². The highest BCUT2D eigenvalue weighted by molar-refractivity contribution is 6.40. The van der Waals surface area contributed by atoms with Crippen LogP contribution in [-0.4, -0.2) is 11.8 Å². The maximum absolute atomic E-state index is 12.3. The van der Waals surface area contributed by atoms with Gasteiger partial charge >= 0.3 is 0 Å². The predicted octanol–water partition coefficient (Wildman–Crippen LogP) is 5.50. The van der Waals surface area contributed by atoms with Crippen LogP contribution < -0.4 is 10.6 Å². The first-order valence-electron chi connectivity index (χ1n) is 7.76. The van der Waals surface area contributed by atoms with Crippen molar-refractivity contribution in [2.75, 3.05) is 10.6 Å². The van der Waals surface area contributed by atoms with E-state index in [0.29, 0.717) is 22.5 Å². The van der Waals surface area contributed by atoms with Crippen molar-refractivity contribution in [2.24, 2.45) is 0 Å². The number of benzene rings is 3. The summed E-state index contributed by atoms with van der Waals surface area (Å²) in [7, 11) is 0. The molecule has 0 bridgehead atoms. The van der Waals surface area contributed by atoms with Crippen LogP contribution in [0.4, 0.5) is 11.4 Å². The van der Waals surface area contributed by atoms with Crippen LogP contribution in [0.1, 0.15) is 20.7 Å². The third kappa shape index (κ3) is 4.23. The topological polar surface area (TPSA) is 58.2 Å². The number of amides is 2. The Balaban J connectivity index is 1.78. The molecule has 0 fully saturated rings. The lowest BCUT2D eigenvalue weighted by Crippen LogP contribution is -2.14. The summed E-state index contributed by atoms with van der Waals surface area (Å²) >= 11 is 12.5. The molecule has 0 heterocycles. The van der Waals surface area contributed by atoms with Crippen molar-refractivity contribution < 1.29 is 9.59 Å². The Bertz CT molecular complexity index is 922. The minimum absolute atomic E-state index is 0.227. The summed E-state index contributed by atoms with van der Waals surface area (Å²) in [5.41, 5.74) is 1.73. The molecule has 0 unspecified atom stereocenters. The normalized spacial score (nSPS) is 10.2. The van der Waals surface area contributed by atoms with Gasteiger partial charge in [0.2, 0.25) is 0 Å². The number of nitrogens with one attached hydrogen (secondary N) is 2. The van der Waals surface area contributed by atoms with Crippen LogP contribution in [0.5, 0.6) is 0 Å². The van der Waals surface area contributed by atoms with Crippen molar-refractivity contribution in [3.63, 3.8) is 0 Å². The molecule has 0 aliphatic carbocycles. The van der Waals surface area contributed by atoms with Crippen molar-refractivity contribution in [1.82, 2.24) is 0 Å². The molecule has 0 spiro atoms. The van der Waals surface area contributed by atoms with E-state index >= 15 is 0 Å². The molecule has 0 atom stereocenters. The summed E-state index contributed by atoms with van der Waals surface area (Å²) in [4.78, 5) is 24.5. The van der Waals surface area contributed by atoms with E-state index in [4.69, 9.17) is 23.2 Å². The zero-order valence-electron chi connectivity index (χ0n) is 13.5. The highest BCUT2D eigenvalue weighted by Gasteiger charge is 2.14. The smallest absolute Gasteiger partial charge is 0.255 e. The van der Waals surface area contributed by atoms with Crippen LogP contribution in [0, 0.1) is 0 Å². The summed E-state index contributed by atoms with van der Waals surface area (Å²) in [6.45, 7) is 0. The second-order valence-electron chi connectivity index (χ2n) is 5.46. The largest absolute Gasteiger partial charge is 0.322 e. The monoisotopic (exact) mass is 384 g/mol. The average Bonchev–Trinajstić information content (AvgIpc) is 2.66. The van der Waals surface area contributed by atoms with Gasteiger partial charge in [0.1, 0.15) is 0 Å². The fourth-order valence-electron chi connectivity index (χ4n) is 2.33. The molecule has 0 saturated carbocycles. The lowest BCUT2D eigenvalue weighted by atomic mass is 10.2. The van der Waals surface area contributed by atoms with Gasteiger partial charge in [-0.3, -0.25) is 9.59 Å². The van der Waals surface area contributed by atoms with Gasteiger partial charge in [-0.1, -0.05) is 59.6 Å². The molecule has 4 nitrogen and oxygen atoms in total. The minimum atomic E-state index is -0.324. The molecule has 3 aromatic rings. The van der Waals surface area contributed by atoms with Crippen LogP contribution >= 0.6 is 23.2 Å². The van der Waals surface area contributed by atoms with E-state index in [0.717, 1.165) is 0 Å². The summed E-state index contributed by atoms with van der Waals surface area (Å²) < 4.78 is 0. The zero-order valence-corrected chi connectivity index (χ0v) is 15.0. The molecule has 3 rings (SSSR count). The molecule has 2 amide bonds. The van der Waals surface area contributed by atoms with Gasteiger partial charge in [0, 0.05) is 16.8 Å². The number of anilines is 2. The number of carbonyl (C=O) groups excluding carboxylic acids is 2. The molecule has 6 heteroatoms. The highest BCUT2D eigenvalue weighted by atomic mass is 35.5. The van der Waals surface area contributed by atoms with E-state index in [-0.39, 0.29) is 21.9 Å². The van der Waals surface area contributed by atoms with Crippen LogP contribution in [0.3, 0.4) is 0 Å². The molecule has 0 radical (unpaired) electrons. The third-order valence-electron chi connectivity index (χ3n) is 3.61. The SMILES string of the molecule is O=C(Nc1cc(Cl)c(NC(=O)c2ccccc2)c(Cl)c1)c1ccccc1. The van der Waals surface area contributed by atoms with Gasteiger partial charge < -0.3 is 10.6 Å². The van der Waals surface area contributed by atoms with Crippen LogP contribution in [0.25, 0.3) is 0 Å². The van der Waals surface area contributed by atoms with Crippen LogP contribution in [0.2, 0.25) is 10.0 Å². The van der Waals surface area contributed by atoms with Gasteiger partial charge in [-0.05, 0) is 36.4 Å². The van der Waals surface area contributed by atoms with Gasteiger partial charge in [0.05, 0.1) is 15.7 Å². The lowest BCUT2D eigenvalue weighted by Gasteiger charge is -2.12. The molecular formula is C20H14Cl2N2O2. The lowest BCUT2D eigenvalue weighted by molar-refractivity contribution is 0.101. The number of halogens is 2. The van der Waals surface area contributed by atoms with Gasteiger partial charge in [0.25, 0.3) is 11.8 Å². The van der Waals surface area contributed by atoms with E-state index < -0.39 is 0 Å². The van der Waals surface area contributed by atoms with Crippen molar-refractivity contribution in [3.05, 3.63) is 94.0 Å². The van der Waals surface area contributed by atoms with E-state index in [9.17, 15) is 9.59 Å². The second kappa shape index (κ2) is 8.04. The Morgan fingerprint density at radius 3 is 1.54 bits per heavy atom. The second-order valence-corrected chi connectivity index (χ2v) is 6.27. The molecule has 26 heavy (non-hydrogen) atoms. The Morgan fingerprint density at radius 2 is 1.08 bits per heavy atom. The first-order valence-corrected chi connectivity index (χ1v) is 8.52. The number of hydrogen-bond acceptors (Lipinski definition) is 2. The fraction of sp³-hybridized carbons (Fsp3) is 0. The predicted molar refractivity (Wildman–Crippen MR) is 105 cm³/mol.